The SMILES string of the molecule is COc1ccc(C)cc1NC(=O)[C@@H](c1ccccc1)N(C)Cc1ccc(C)o1. The van der Waals surface area contributed by atoms with Crippen molar-refractivity contribution in [3.05, 3.63) is 83.3 Å². The number of carbonyl (C=O) groups is 1. The van der Waals surface area contributed by atoms with Crippen LogP contribution in [-0.4, -0.2) is 25.0 Å². The first-order valence-corrected chi connectivity index (χ1v) is 9.24. The highest BCUT2D eigenvalue weighted by molar-refractivity contribution is 5.96. The van der Waals surface area contributed by atoms with Gasteiger partial charge in [-0.15, -0.1) is 0 Å². The summed E-state index contributed by atoms with van der Waals surface area (Å²) in [6.45, 7) is 4.41. The molecule has 0 spiro atoms. The second-order valence-corrected chi connectivity index (χ2v) is 6.93. The first kappa shape index (κ1) is 19.7. The van der Waals surface area contributed by atoms with Gasteiger partial charge < -0.3 is 14.5 Å². The molecular weight excluding hydrogens is 352 g/mol. The van der Waals surface area contributed by atoms with Crippen LogP contribution in [0.4, 0.5) is 5.69 Å². The number of carbonyl (C=O) groups excluding carboxylic acids is 1. The van der Waals surface area contributed by atoms with Crippen LogP contribution in [0.1, 0.15) is 28.7 Å². The maximum atomic E-state index is 13.3. The lowest BCUT2D eigenvalue weighted by atomic mass is 10.0. The Morgan fingerprint density at radius 3 is 2.50 bits per heavy atom. The molecule has 0 aliphatic carbocycles. The average Bonchev–Trinajstić information content (AvgIpc) is 3.07. The molecule has 28 heavy (non-hydrogen) atoms. The molecule has 5 nitrogen and oxygen atoms in total. The average molecular weight is 378 g/mol. The predicted octanol–water partition coefficient (Wildman–Crippen LogP) is 4.72. The Morgan fingerprint density at radius 1 is 1.11 bits per heavy atom. The molecule has 0 aliphatic heterocycles. The molecule has 146 valence electrons. The van der Waals surface area contributed by atoms with Gasteiger partial charge in [0.2, 0.25) is 5.91 Å². The summed E-state index contributed by atoms with van der Waals surface area (Å²) >= 11 is 0. The van der Waals surface area contributed by atoms with Crippen molar-refractivity contribution < 1.29 is 13.9 Å². The molecule has 1 heterocycles. The minimum absolute atomic E-state index is 0.124. The fraction of sp³-hybridized carbons (Fsp3) is 0.261. The van der Waals surface area contributed by atoms with Gasteiger partial charge >= 0.3 is 0 Å². The molecule has 2 aromatic carbocycles. The van der Waals surface area contributed by atoms with E-state index in [0.717, 1.165) is 22.6 Å². The van der Waals surface area contributed by atoms with Crippen molar-refractivity contribution in [3.8, 4) is 5.75 Å². The van der Waals surface area contributed by atoms with Crippen molar-refractivity contribution in [2.75, 3.05) is 19.5 Å². The van der Waals surface area contributed by atoms with Crippen LogP contribution in [-0.2, 0) is 11.3 Å². The third-order valence-corrected chi connectivity index (χ3v) is 4.62. The summed E-state index contributed by atoms with van der Waals surface area (Å²) in [6.07, 6.45) is 0. The van der Waals surface area contributed by atoms with Crippen LogP contribution >= 0.6 is 0 Å². The van der Waals surface area contributed by atoms with E-state index in [1.807, 2.05) is 86.5 Å². The summed E-state index contributed by atoms with van der Waals surface area (Å²) in [4.78, 5) is 15.3. The van der Waals surface area contributed by atoms with Gasteiger partial charge in [0.05, 0.1) is 19.3 Å². The second kappa shape index (κ2) is 8.76. The molecule has 5 heteroatoms. The van der Waals surface area contributed by atoms with Crippen LogP contribution < -0.4 is 10.1 Å². The number of nitrogens with zero attached hydrogens (tertiary/aromatic N) is 1. The third kappa shape index (κ3) is 4.61. The Labute approximate surface area is 165 Å². The molecule has 1 amide bonds. The first-order valence-electron chi connectivity index (χ1n) is 9.24. The molecule has 0 bridgehead atoms. The lowest BCUT2D eigenvalue weighted by Crippen LogP contribution is -2.34. The molecule has 1 N–H and O–H groups in total. The molecule has 0 unspecified atom stereocenters. The van der Waals surface area contributed by atoms with E-state index in [9.17, 15) is 4.79 Å². The standard InChI is InChI=1S/C23H26N2O3/c1-16-10-13-21(27-4)20(14-16)24-23(26)22(18-8-6-5-7-9-18)25(3)15-19-12-11-17(2)28-19/h5-14,22H,15H2,1-4H3,(H,24,26)/t22-/m1/s1. The molecule has 1 aromatic heterocycles. The largest absolute Gasteiger partial charge is 0.495 e. The third-order valence-electron chi connectivity index (χ3n) is 4.62. The van der Waals surface area contributed by atoms with Crippen LogP contribution in [0, 0.1) is 13.8 Å². The van der Waals surface area contributed by atoms with Gasteiger partial charge in [-0.1, -0.05) is 36.4 Å². The maximum absolute atomic E-state index is 13.3. The number of aryl methyl sites for hydroxylation is 2. The van der Waals surface area contributed by atoms with E-state index >= 15 is 0 Å². The van der Waals surface area contributed by atoms with Crippen molar-refractivity contribution in [3.63, 3.8) is 0 Å². The zero-order valence-electron chi connectivity index (χ0n) is 16.7. The number of benzene rings is 2. The maximum Gasteiger partial charge on any atom is 0.246 e. The van der Waals surface area contributed by atoms with Gasteiger partial charge in [-0.25, -0.2) is 0 Å². The molecule has 1 atom stereocenters. The smallest absolute Gasteiger partial charge is 0.246 e. The van der Waals surface area contributed by atoms with Gasteiger partial charge in [0, 0.05) is 0 Å². The number of hydrogen-bond acceptors (Lipinski definition) is 4. The van der Waals surface area contributed by atoms with Crippen LogP contribution in [0.25, 0.3) is 0 Å². The van der Waals surface area contributed by atoms with E-state index in [-0.39, 0.29) is 5.91 Å². The van der Waals surface area contributed by atoms with Gasteiger partial charge in [0.25, 0.3) is 0 Å². The lowest BCUT2D eigenvalue weighted by molar-refractivity contribution is -0.121. The molecule has 0 saturated heterocycles. The Bertz CT molecular complexity index is 934. The fourth-order valence-corrected chi connectivity index (χ4v) is 3.27. The molecular formula is C23H26N2O3. The highest BCUT2D eigenvalue weighted by Gasteiger charge is 2.26. The topological polar surface area (TPSA) is 54.7 Å². The number of furan rings is 1. The Kier molecular flexibility index (Phi) is 6.16. The number of methoxy groups -OCH3 is 1. The van der Waals surface area contributed by atoms with Crippen LogP contribution in [0.2, 0.25) is 0 Å². The Balaban J connectivity index is 1.88. The summed E-state index contributed by atoms with van der Waals surface area (Å²) in [5, 5.41) is 3.04. The molecule has 0 saturated carbocycles. The highest BCUT2D eigenvalue weighted by atomic mass is 16.5. The lowest BCUT2D eigenvalue weighted by Gasteiger charge is -2.27. The quantitative estimate of drug-likeness (QED) is 0.646. The van der Waals surface area contributed by atoms with Gasteiger partial charge in [-0.2, -0.15) is 0 Å². The Morgan fingerprint density at radius 2 is 1.86 bits per heavy atom. The van der Waals surface area contributed by atoms with Gasteiger partial charge in [0.1, 0.15) is 23.3 Å². The van der Waals surface area contributed by atoms with E-state index in [4.69, 9.17) is 9.15 Å². The van der Waals surface area contributed by atoms with E-state index in [1.54, 1.807) is 7.11 Å². The molecule has 3 aromatic rings. The molecule has 0 radical (unpaired) electrons. The molecule has 0 fully saturated rings. The van der Waals surface area contributed by atoms with E-state index in [2.05, 4.69) is 5.32 Å². The van der Waals surface area contributed by atoms with Crippen LogP contribution in [0.5, 0.6) is 5.75 Å². The summed E-state index contributed by atoms with van der Waals surface area (Å²) in [5.74, 6) is 2.19. The van der Waals surface area contributed by atoms with Crippen molar-refractivity contribution in [2.45, 2.75) is 26.4 Å². The number of anilines is 1. The second-order valence-electron chi connectivity index (χ2n) is 6.93. The molecule has 3 rings (SSSR count). The van der Waals surface area contributed by atoms with Crippen molar-refractivity contribution in [1.29, 1.82) is 0 Å². The van der Waals surface area contributed by atoms with Gasteiger partial charge in [-0.3, -0.25) is 9.69 Å². The predicted molar refractivity (Wildman–Crippen MR) is 110 cm³/mol. The number of amides is 1. The monoisotopic (exact) mass is 378 g/mol. The minimum atomic E-state index is -0.475. The Hall–Kier alpha value is -3.05. The van der Waals surface area contributed by atoms with E-state index in [1.165, 1.54) is 0 Å². The number of likely N-dealkylation sites (N-methyl/N-ethyl adjacent to an activating group) is 1. The number of nitrogens with one attached hydrogen (secondary N) is 1. The summed E-state index contributed by atoms with van der Waals surface area (Å²) < 4.78 is 11.1. The van der Waals surface area contributed by atoms with E-state index < -0.39 is 6.04 Å². The van der Waals surface area contributed by atoms with E-state index in [0.29, 0.717) is 18.0 Å². The first-order chi connectivity index (χ1) is 13.5. The van der Waals surface area contributed by atoms with Gasteiger partial charge in [0.15, 0.2) is 0 Å². The number of hydrogen-bond donors (Lipinski definition) is 1. The zero-order chi connectivity index (χ0) is 20.1. The van der Waals surface area contributed by atoms with Crippen LogP contribution in [0.3, 0.4) is 0 Å². The minimum Gasteiger partial charge on any atom is -0.495 e. The fourth-order valence-electron chi connectivity index (χ4n) is 3.27. The highest BCUT2D eigenvalue weighted by Crippen LogP contribution is 2.29. The van der Waals surface area contributed by atoms with Crippen molar-refractivity contribution in [1.82, 2.24) is 4.90 Å². The van der Waals surface area contributed by atoms with Gasteiger partial charge in [-0.05, 0) is 56.3 Å². The summed E-state index contributed by atoms with van der Waals surface area (Å²) in [7, 11) is 3.52. The summed E-state index contributed by atoms with van der Waals surface area (Å²) in [5.41, 5.74) is 2.62. The summed E-state index contributed by atoms with van der Waals surface area (Å²) in [6, 6.07) is 18.9. The normalized spacial score (nSPS) is 12.0. The van der Waals surface area contributed by atoms with Crippen LogP contribution in [0.15, 0.2) is 65.1 Å². The molecule has 0 aliphatic rings. The van der Waals surface area contributed by atoms with Crippen molar-refractivity contribution >= 4 is 11.6 Å². The number of ether oxygens (including phenoxy) is 1. The number of rotatable bonds is 7. The zero-order valence-corrected chi connectivity index (χ0v) is 16.7. The van der Waals surface area contributed by atoms with Crippen molar-refractivity contribution in [2.24, 2.45) is 0 Å².